The van der Waals surface area contributed by atoms with Gasteiger partial charge in [0.15, 0.2) is 0 Å². The lowest BCUT2D eigenvalue weighted by atomic mass is 9.95. The zero-order chi connectivity index (χ0) is 17.7. The maximum absolute atomic E-state index is 12.5. The van der Waals surface area contributed by atoms with E-state index in [1.807, 2.05) is 25.1 Å². The van der Waals surface area contributed by atoms with Crippen LogP contribution >= 0.6 is 0 Å². The topological polar surface area (TPSA) is 67.9 Å². The van der Waals surface area contributed by atoms with E-state index in [-0.39, 0.29) is 23.8 Å². The maximum Gasteiger partial charge on any atom is 0.223 e. The zero-order valence-corrected chi connectivity index (χ0v) is 14.8. The van der Waals surface area contributed by atoms with E-state index < -0.39 is 0 Å². The lowest BCUT2D eigenvalue weighted by molar-refractivity contribution is -0.134. The first-order chi connectivity index (χ1) is 11.5. The number of likely N-dealkylation sites (tertiary alicyclic amines) is 1. The summed E-state index contributed by atoms with van der Waals surface area (Å²) in [5.41, 5.74) is 0.881. The summed E-state index contributed by atoms with van der Waals surface area (Å²) in [7, 11) is 3.22. The van der Waals surface area contributed by atoms with Crippen molar-refractivity contribution in [3.8, 4) is 11.5 Å². The predicted molar refractivity (Wildman–Crippen MR) is 91.1 cm³/mol. The van der Waals surface area contributed by atoms with Gasteiger partial charge in [-0.05, 0) is 38.0 Å². The number of ether oxygens (including phenoxy) is 2. The van der Waals surface area contributed by atoms with Crippen molar-refractivity contribution < 1.29 is 19.1 Å². The quantitative estimate of drug-likeness (QED) is 0.896. The van der Waals surface area contributed by atoms with Crippen molar-refractivity contribution in [3.05, 3.63) is 23.8 Å². The molecule has 1 aliphatic rings. The number of rotatable bonds is 5. The number of nitrogens with one attached hydrogen (secondary N) is 1. The number of carbonyl (C=O) groups is 2. The van der Waals surface area contributed by atoms with E-state index in [1.165, 1.54) is 0 Å². The Hall–Kier alpha value is -2.24. The molecule has 1 heterocycles. The third kappa shape index (κ3) is 4.19. The average molecular weight is 334 g/mol. The average Bonchev–Trinajstić information content (AvgIpc) is 2.60. The van der Waals surface area contributed by atoms with Gasteiger partial charge in [0.1, 0.15) is 11.5 Å². The van der Waals surface area contributed by atoms with Crippen molar-refractivity contribution in [2.75, 3.05) is 27.3 Å². The Morgan fingerprint density at radius 3 is 2.42 bits per heavy atom. The summed E-state index contributed by atoms with van der Waals surface area (Å²) in [5, 5.41) is 3.06. The van der Waals surface area contributed by atoms with Gasteiger partial charge in [-0.15, -0.1) is 0 Å². The van der Waals surface area contributed by atoms with Crippen molar-refractivity contribution >= 4 is 11.8 Å². The van der Waals surface area contributed by atoms with Crippen molar-refractivity contribution in [2.24, 2.45) is 5.92 Å². The minimum absolute atomic E-state index is 0.0237. The number of nitrogens with zero attached hydrogens (tertiary/aromatic N) is 1. The van der Waals surface area contributed by atoms with Crippen LogP contribution in [0.25, 0.3) is 0 Å². The van der Waals surface area contributed by atoms with E-state index >= 15 is 0 Å². The molecular weight excluding hydrogens is 308 g/mol. The minimum atomic E-state index is -0.187. The van der Waals surface area contributed by atoms with Crippen LogP contribution in [0.2, 0.25) is 0 Å². The number of piperidine rings is 1. The largest absolute Gasteiger partial charge is 0.497 e. The highest BCUT2D eigenvalue weighted by Crippen LogP contribution is 2.29. The minimum Gasteiger partial charge on any atom is -0.497 e. The molecule has 2 rings (SSSR count). The molecule has 132 valence electrons. The second-order valence-electron chi connectivity index (χ2n) is 6.12. The second-order valence-corrected chi connectivity index (χ2v) is 6.12. The Morgan fingerprint density at radius 1 is 1.21 bits per heavy atom. The Morgan fingerprint density at radius 2 is 1.88 bits per heavy atom. The van der Waals surface area contributed by atoms with Gasteiger partial charge in [-0.25, -0.2) is 0 Å². The molecule has 1 N–H and O–H groups in total. The van der Waals surface area contributed by atoms with Gasteiger partial charge >= 0.3 is 0 Å². The van der Waals surface area contributed by atoms with Crippen molar-refractivity contribution in [1.82, 2.24) is 10.2 Å². The Bertz CT molecular complexity index is 595. The number of hydrogen-bond acceptors (Lipinski definition) is 4. The monoisotopic (exact) mass is 334 g/mol. The molecular formula is C18H26N2O4. The molecule has 0 aromatic heterocycles. The number of benzene rings is 1. The predicted octanol–water partition coefficient (Wildman–Crippen LogP) is 2.14. The van der Waals surface area contributed by atoms with E-state index in [4.69, 9.17) is 9.47 Å². The number of carbonyl (C=O) groups excluding carboxylic acids is 2. The molecule has 1 fully saturated rings. The molecule has 0 bridgehead atoms. The van der Waals surface area contributed by atoms with Gasteiger partial charge in [0.05, 0.1) is 20.3 Å². The van der Waals surface area contributed by atoms with E-state index in [2.05, 4.69) is 5.32 Å². The Labute approximate surface area is 143 Å². The summed E-state index contributed by atoms with van der Waals surface area (Å²) >= 11 is 0. The first kappa shape index (κ1) is 18.1. The molecule has 1 aliphatic heterocycles. The number of methoxy groups -OCH3 is 2. The fourth-order valence-electron chi connectivity index (χ4n) is 3.04. The molecule has 2 amide bonds. The highest BCUT2D eigenvalue weighted by atomic mass is 16.5. The zero-order valence-electron chi connectivity index (χ0n) is 14.8. The summed E-state index contributed by atoms with van der Waals surface area (Å²) in [6.45, 7) is 4.78. The van der Waals surface area contributed by atoms with Gasteiger partial charge in [-0.2, -0.15) is 0 Å². The number of amides is 2. The van der Waals surface area contributed by atoms with Crippen LogP contribution in [0.1, 0.15) is 38.3 Å². The summed E-state index contributed by atoms with van der Waals surface area (Å²) in [6, 6.07) is 5.35. The molecule has 6 nitrogen and oxygen atoms in total. The number of hydrogen-bond donors (Lipinski definition) is 1. The van der Waals surface area contributed by atoms with Crippen LogP contribution < -0.4 is 14.8 Å². The molecule has 1 saturated heterocycles. The lowest BCUT2D eigenvalue weighted by Gasteiger charge is -2.31. The standard InChI is InChI=1S/C18H26N2O4/c1-12(16-11-15(23-3)5-6-17(16)24-4)19-18(22)14-7-9-20(10-8-14)13(2)21/h5-6,11-12,14H,7-10H2,1-4H3,(H,19,22)/t12-/m1/s1. The van der Waals surface area contributed by atoms with Gasteiger partial charge in [-0.3, -0.25) is 9.59 Å². The van der Waals surface area contributed by atoms with E-state index in [1.54, 1.807) is 26.0 Å². The van der Waals surface area contributed by atoms with Gasteiger partial charge in [0.25, 0.3) is 0 Å². The van der Waals surface area contributed by atoms with Gasteiger partial charge in [0, 0.05) is 31.5 Å². The molecule has 1 atom stereocenters. The summed E-state index contributed by atoms with van der Waals surface area (Å²) in [6.07, 6.45) is 1.40. The van der Waals surface area contributed by atoms with Crippen LogP contribution in [-0.2, 0) is 9.59 Å². The van der Waals surface area contributed by atoms with Crippen molar-refractivity contribution in [3.63, 3.8) is 0 Å². The van der Waals surface area contributed by atoms with Crippen LogP contribution in [0.3, 0.4) is 0 Å². The van der Waals surface area contributed by atoms with E-state index in [9.17, 15) is 9.59 Å². The maximum atomic E-state index is 12.5. The van der Waals surface area contributed by atoms with Crippen LogP contribution in [0.4, 0.5) is 0 Å². The fraction of sp³-hybridized carbons (Fsp3) is 0.556. The lowest BCUT2D eigenvalue weighted by Crippen LogP contribution is -2.42. The van der Waals surface area contributed by atoms with Gasteiger partial charge in [-0.1, -0.05) is 0 Å². The molecule has 1 aromatic rings. The molecule has 0 radical (unpaired) electrons. The molecule has 0 saturated carbocycles. The van der Waals surface area contributed by atoms with Gasteiger partial charge in [0.2, 0.25) is 11.8 Å². The molecule has 6 heteroatoms. The molecule has 0 unspecified atom stereocenters. The molecule has 0 aliphatic carbocycles. The van der Waals surface area contributed by atoms with Crippen molar-refractivity contribution in [1.29, 1.82) is 0 Å². The second kappa shape index (κ2) is 8.04. The van der Waals surface area contributed by atoms with E-state index in [0.717, 1.165) is 17.1 Å². The molecule has 1 aromatic carbocycles. The van der Waals surface area contributed by atoms with Crippen LogP contribution in [0.5, 0.6) is 11.5 Å². The van der Waals surface area contributed by atoms with Crippen LogP contribution in [-0.4, -0.2) is 44.0 Å². The van der Waals surface area contributed by atoms with E-state index in [0.29, 0.717) is 25.9 Å². The first-order valence-corrected chi connectivity index (χ1v) is 8.24. The Kier molecular flexibility index (Phi) is 6.06. The summed E-state index contributed by atoms with van der Waals surface area (Å²) < 4.78 is 10.6. The highest BCUT2D eigenvalue weighted by Gasteiger charge is 2.27. The molecule has 0 spiro atoms. The summed E-state index contributed by atoms with van der Waals surface area (Å²) in [4.78, 5) is 25.7. The molecule has 24 heavy (non-hydrogen) atoms. The normalized spacial score (nSPS) is 16.4. The SMILES string of the molecule is COc1ccc(OC)c([C@@H](C)NC(=O)C2CCN(C(C)=O)CC2)c1. The summed E-state index contributed by atoms with van der Waals surface area (Å²) in [5.74, 6) is 1.48. The van der Waals surface area contributed by atoms with Crippen molar-refractivity contribution in [2.45, 2.75) is 32.7 Å². The third-order valence-electron chi connectivity index (χ3n) is 4.57. The van der Waals surface area contributed by atoms with Gasteiger partial charge < -0.3 is 19.7 Å². The third-order valence-corrected chi connectivity index (χ3v) is 4.57. The van der Waals surface area contributed by atoms with Crippen LogP contribution in [0.15, 0.2) is 18.2 Å². The fourth-order valence-corrected chi connectivity index (χ4v) is 3.04. The Balaban J connectivity index is 2.00. The highest BCUT2D eigenvalue weighted by molar-refractivity contribution is 5.80. The first-order valence-electron chi connectivity index (χ1n) is 8.24. The van der Waals surface area contributed by atoms with Crippen LogP contribution in [0, 0.1) is 5.92 Å². The smallest absolute Gasteiger partial charge is 0.223 e.